The van der Waals surface area contributed by atoms with Crippen LogP contribution in [0, 0.1) is 0 Å². The first-order chi connectivity index (χ1) is 16.2. The van der Waals surface area contributed by atoms with E-state index < -0.39 is 17.8 Å². The number of aromatic nitrogens is 2. The Morgan fingerprint density at radius 3 is 1.50 bits per heavy atom. The second kappa shape index (κ2) is 14.1. The van der Waals surface area contributed by atoms with Gasteiger partial charge in [0.25, 0.3) is 11.8 Å². The van der Waals surface area contributed by atoms with Crippen LogP contribution in [0.3, 0.4) is 0 Å². The van der Waals surface area contributed by atoms with Crippen molar-refractivity contribution in [3.05, 3.63) is 24.3 Å². The molecule has 2 aromatic heterocycles. The number of carbonyl (C=O) groups excluding carboxylic acids is 3. The van der Waals surface area contributed by atoms with Crippen molar-refractivity contribution < 1.29 is 42.8 Å². The van der Waals surface area contributed by atoms with Gasteiger partial charge < -0.3 is 39.1 Å². The zero-order valence-corrected chi connectivity index (χ0v) is 20.1. The average Bonchev–Trinajstić information content (AvgIpc) is 2.87. The third kappa shape index (κ3) is 8.05. The molecular weight excluding hydrogens is 472 g/mol. The minimum absolute atomic E-state index is 0.0766. The highest BCUT2D eigenvalue weighted by Gasteiger charge is 2.16. The van der Waals surface area contributed by atoms with E-state index in [2.05, 4.69) is 30.1 Å². The minimum atomic E-state index is -0.999. The summed E-state index contributed by atoms with van der Waals surface area (Å²) in [5.74, 6) is -0.590. The van der Waals surface area contributed by atoms with E-state index in [1.54, 1.807) is 18.2 Å². The highest BCUT2D eigenvalue weighted by atomic mass is 32.1. The molecule has 0 aromatic carbocycles. The van der Waals surface area contributed by atoms with Gasteiger partial charge in [0.2, 0.25) is 0 Å². The van der Waals surface area contributed by atoms with Gasteiger partial charge in [-0.3, -0.25) is 4.79 Å². The summed E-state index contributed by atoms with van der Waals surface area (Å²) in [4.78, 5) is 41.1. The molecule has 0 unspecified atom stereocenters. The molecule has 2 N–H and O–H groups in total. The number of rotatable bonds is 6. The third-order valence-electron chi connectivity index (χ3n) is 3.70. The number of anilines is 2. The van der Waals surface area contributed by atoms with E-state index >= 15 is 0 Å². The van der Waals surface area contributed by atoms with E-state index in [0.29, 0.717) is 23.2 Å². The number of thiocarbonyl (C=S) groups is 1. The summed E-state index contributed by atoms with van der Waals surface area (Å²) in [6, 6.07) is 6.28. The van der Waals surface area contributed by atoms with Crippen molar-refractivity contribution in [1.29, 1.82) is 0 Å². The number of hydrogen-bond acceptors (Lipinski definition) is 12. The van der Waals surface area contributed by atoms with Crippen molar-refractivity contribution in [2.24, 2.45) is 0 Å². The van der Waals surface area contributed by atoms with Crippen molar-refractivity contribution >= 4 is 46.7 Å². The molecule has 0 bridgehead atoms. The molecule has 2 aromatic rings. The Balaban J connectivity index is 0.000000340. The number of nitrogens with zero attached hydrogens (tertiary/aromatic N) is 2. The van der Waals surface area contributed by atoms with E-state index in [4.69, 9.17) is 31.2 Å². The maximum Gasteiger partial charge on any atom is 0.396 e. The fourth-order valence-electron chi connectivity index (χ4n) is 2.12. The minimum Gasteiger partial charge on any atom is -0.491 e. The van der Waals surface area contributed by atoms with Crippen molar-refractivity contribution in [2.75, 3.05) is 53.3 Å². The van der Waals surface area contributed by atoms with Crippen molar-refractivity contribution in [3.63, 3.8) is 0 Å². The molecule has 0 fully saturated rings. The van der Waals surface area contributed by atoms with Crippen LogP contribution in [0.5, 0.6) is 23.3 Å². The summed E-state index contributed by atoms with van der Waals surface area (Å²) < 4.78 is 28.7. The Kier molecular flexibility index (Phi) is 11.5. The van der Waals surface area contributed by atoms with Gasteiger partial charge in [-0.05, 0) is 24.3 Å². The van der Waals surface area contributed by atoms with Gasteiger partial charge in [0.05, 0.1) is 42.7 Å². The Morgan fingerprint density at radius 1 is 0.676 bits per heavy atom. The summed E-state index contributed by atoms with van der Waals surface area (Å²) in [5, 5.41) is 4.89. The van der Waals surface area contributed by atoms with Crippen molar-refractivity contribution in [2.45, 2.75) is 0 Å². The molecule has 13 nitrogen and oxygen atoms in total. The number of esters is 2. The van der Waals surface area contributed by atoms with Gasteiger partial charge in [0.15, 0.2) is 16.5 Å². The van der Waals surface area contributed by atoms with E-state index in [0.717, 1.165) is 7.11 Å². The Labute approximate surface area is 200 Å². The number of nitrogens with one attached hydrogen (secondary N) is 2. The SMILES string of the molecule is COC(=O)C(=O)Nc1ccc(OC)c(OC)n1.COC(=O)C(=S)Nc1ccc(OC)c(OC)n1. The molecule has 0 spiro atoms. The molecule has 0 saturated heterocycles. The number of hydrogen-bond donors (Lipinski definition) is 2. The van der Waals surface area contributed by atoms with Gasteiger partial charge in [0, 0.05) is 0 Å². The zero-order chi connectivity index (χ0) is 25.7. The molecule has 2 rings (SSSR count). The standard InChI is InChI=1S/C10H12N2O5.C10H12N2O4S/c1-15-6-4-5-7(12-9(6)16-2)11-8(13)10(14)17-3;1-14-6-4-5-7(11-8(6)15-2)12-9(17)10(13)16-3/h4-5H,1-3H3,(H,11,12,13);4-5H,1-3H3,(H,11,12,17). The van der Waals surface area contributed by atoms with Crippen LogP contribution < -0.4 is 29.6 Å². The van der Waals surface area contributed by atoms with Crippen LogP contribution >= 0.6 is 12.2 Å². The van der Waals surface area contributed by atoms with E-state index in [-0.39, 0.29) is 16.7 Å². The van der Waals surface area contributed by atoms with Gasteiger partial charge in [-0.15, -0.1) is 0 Å². The molecule has 34 heavy (non-hydrogen) atoms. The smallest absolute Gasteiger partial charge is 0.396 e. The van der Waals surface area contributed by atoms with Crippen LogP contribution in [0.25, 0.3) is 0 Å². The van der Waals surface area contributed by atoms with E-state index in [1.165, 1.54) is 41.6 Å². The predicted octanol–water partition coefficient (Wildman–Crippen LogP) is 1.22. The normalized spacial score (nSPS) is 9.35. The molecular formula is C20H24N4O9S. The molecule has 0 atom stereocenters. The second-order valence-electron chi connectivity index (χ2n) is 5.71. The molecule has 14 heteroatoms. The molecule has 1 amide bonds. The first-order valence-electron chi connectivity index (χ1n) is 9.21. The first-order valence-corrected chi connectivity index (χ1v) is 9.61. The Morgan fingerprint density at radius 2 is 1.12 bits per heavy atom. The Hall–Kier alpha value is -4.20. The molecule has 0 aliphatic heterocycles. The second-order valence-corrected chi connectivity index (χ2v) is 6.12. The maximum atomic E-state index is 11.2. The third-order valence-corrected chi connectivity index (χ3v) is 3.97. The fraction of sp³-hybridized carbons (Fsp3) is 0.300. The van der Waals surface area contributed by atoms with Crippen molar-refractivity contribution in [1.82, 2.24) is 9.97 Å². The van der Waals surface area contributed by atoms with E-state index in [1.807, 2.05) is 0 Å². The zero-order valence-electron chi connectivity index (χ0n) is 19.3. The summed E-state index contributed by atoms with van der Waals surface area (Å²) in [6.45, 7) is 0. The maximum absolute atomic E-state index is 11.2. The number of pyridine rings is 2. The average molecular weight is 496 g/mol. The molecule has 0 radical (unpaired) electrons. The lowest BCUT2D eigenvalue weighted by Gasteiger charge is -2.09. The number of carbonyl (C=O) groups is 3. The van der Waals surface area contributed by atoms with Gasteiger partial charge >= 0.3 is 17.8 Å². The predicted molar refractivity (Wildman–Crippen MR) is 124 cm³/mol. The molecule has 184 valence electrons. The van der Waals surface area contributed by atoms with Gasteiger partial charge in [-0.2, -0.15) is 9.97 Å². The summed E-state index contributed by atoms with van der Waals surface area (Å²) in [7, 11) is 8.21. The van der Waals surface area contributed by atoms with Crippen LogP contribution in [0.2, 0.25) is 0 Å². The highest BCUT2D eigenvalue weighted by Crippen LogP contribution is 2.26. The molecule has 2 heterocycles. The number of amides is 1. The molecule has 0 aliphatic carbocycles. The van der Waals surface area contributed by atoms with E-state index in [9.17, 15) is 14.4 Å². The summed E-state index contributed by atoms with van der Waals surface area (Å²) >= 11 is 4.80. The highest BCUT2D eigenvalue weighted by molar-refractivity contribution is 7.82. The number of ether oxygens (including phenoxy) is 6. The van der Waals surface area contributed by atoms with Crippen LogP contribution in [-0.2, 0) is 23.9 Å². The van der Waals surface area contributed by atoms with Crippen LogP contribution in [-0.4, -0.2) is 75.5 Å². The summed E-state index contributed by atoms with van der Waals surface area (Å²) in [5.41, 5.74) is 0. The Bertz CT molecular complexity index is 952. The topological polar surface area (TPSA) is 156 Å². The monoisotopic (exact) mass is 496 g/mol. The summed E-state index contributed by atoms with van der Waals surface area (Å²) in [6.07, 6.45) is 0. The lowest BCUT2D eigenvalue weighted by atomic mass is 10.4. The van der Waals surface area contributed by atoms with Gasteiger partial charge in [0.1, 0.15) is 11.6 Å². The van der Waals surface area contributed by atoms with Crippen LogP contribution in [0.4, 0.5) is 11.6 Å². The fourth-order valence-corrected chi connectivity index (χ4v) is 2.31. The lowest BCUT2D eigenvalue weighted by molar-refractivity contribution is -0.150. The molecule has 0 aliphatic rings. The van der Waals surface area contributed by atoms with Crippen LogP contribution in [0.1, 0.15) is 0 Å². The van der Waals surface area contributed by atoms with Crippen molar-refractivity contribution in [3.8, 4) is 23.3 Å². The first kappa shape index (κ1) is 27.8. The quantitative estimate of drug-likeness (QED) is 0.334. The lowest BCUT2D eigenvalue weighted by Crippen LogP contribution is -2.24. The van der Waals surface area contributed by atoms with Gasteiger partial charge in [-0.1, -0.05) is 12.2 Å². The van der Waals surface area contributed by atoms with Gasteiger partial charge in [-0.25, -0.2) is 9.59 Å². The van der Waals surface area contributed by atoms with Crippen LogP contribution in [0.15, 0.2) is 24.3 Å². The largest absolute Gasteiger partial charge is 0.491 e. The molecule has 0 saturated carbocycles. The number of methoxy groups -OCH3 is 6.